The molecule has 0 saturated carbocycles. The number of non-ortho nitro benzene ring substituents is 1. The van der Waals surface area contributed by atoms with E-state index in [4.69, 9.17) is 0 Å². The Morgan fingerprint density at radius 3 is 2.67 bits per heavy atom. The SMILES string of the molecule is CC(O)C1CCN(C(=O)/C=C/c2ccc([N+](=O)[O-])cc2)C1. The van der Waals surface area contributed by atoms with Crippen LogP contribution in [-0.4, -0.2) is 40.0 Å². The van der Waals surface area contributed by atoms with Crippen molar-refractivity contribution in [1.29, 1.82) is 0 Å². The summed E-state index contributed by atoms with van der Waals surface area (Å²) in [4.78, 5) is 23.8. The van der Waals surface area contributed by atoms with Crippen molar-refractivity contribution in [2.45, 2.75) is 19.4 Å². The highest BCUT2D eigenvalue weighted by atomic mass is 16.6. The Balaban J connectivity index is 1.95. The number of carbonyl (C=O) groups excluding carboxylic acids is 1. The Morgan fingerprint density at radius 1 is 1.48 bits per heavy atom. The average molecular weight is 290 g/mol. The zero-order valence-electron chi connectivity index (χ0n) is 11.8. The maximum absolute atomic E-state index is 12.0. The molecule has 0 radical (unpaired) electrons. The summed E-state index contributed by atoms with van der Waals surface area (Å²) in [7, 11) is 0. The summed E-state index contributed by atoms with van der Waals surface area (Å²) >= 11 is 0. The molecule has 2 atom stereocenters. The lowest BCUT2D eigenvalue weighted by molar-refractivity contribution is -0.384. The van der Waals surface area contributed by atoms with Gasteiger partial charge >= 0.3 is 0 Å². The first-order valence-electron chi connectivity index (χ1n) is 6.87. The van der Waals surface area contributed by atoms with Crippen molar-refractivity contribution in [1.82, 2.24) is 4.90 Å². The van der Waals surface area contributed by atoms with E-state index in [1.54, 1.807) is 30.0 Å². The Bertz CT molecular complexity index is 551. The molecule has 1 heterocycles. The van der Waals surface area contributed by atoms with Gasteiger partial charge in [-0.05, 0) is 37.1 Å². The smallest absolute Gasteiger partial charge is 0.269 e. The largest absolute Gasteiger partial charge is 0.393 e. The van der Waals surface area contributed by atoms with Crippen molar-refractivity contribution >= 4 is 17.7 Å². The summed E-state index contributed by atoms with van der Waals surface area (Å²) < 4.78 is 0. The summed E-state index contributed by atoms with van der Waals surface area (Å²) in [5.74, 6) is 0.0400. The van der Waals surface area contributed by atoms with Gasteiger partial charge in [0.05, 0.1) is 11.0 Å². The van der Waals surface area contributed by atoms with Gasteiger partial charge in [0.1, 0.15) is 0 Å². The first-order chi connectivity index (χ1) is 9.97. The molecule has 1 saturated heterocycles. The van der Waals surface area contributed by atoms with Crippen molar-refractivity contribution in [2.24, 2.45) is 5.92 Å². The number of hydrogen-bond acceptors (Lipinski definition) is 4. The molecule has 6 heteroatoms. The fraction of sp³-hybridized carbons (Fsp3) is 0.400. The van der Waals surface area contributed by atoms with Crippen LogP contribution in [-0.2, 0) is 4.79 Å². The number of nitro groups is 1. The van der Waals surface area contributed by atoms with Crippen LogP contribution >= 0.6 is 0 Å². The van der Waals surface area contributed by atoms with Crippen LogP contribution in [0.1, 0.15) is 18.9 Å². The van der Waals surface area contributed by atoms with E-state index in [1.807, 2.05) is 0 Å². The number of rotatable bonds is 4. The number of aliphatic hydroxyl groups is 1. The molecule has 2 rings (SSSR count). The van der Waals surface area contributed by atoms with E-state index in [9.17, 15) is 20.0 Å². The molecule has 0 aliphatic carbocycles. The summed E-state index contributed by atoms with van der Waals surface area (Å²) in [5.41, 5.74) is 0.762. The molecule has 1 amide bonds. The number of carbonyl (C=O) groups is 1. The van der Waals surface area contributed by atoms with E-state index >= 15 is 0 Å². The number of aliphatic hydroxyl groups excluding tert-OH is 1. The van der Waals surface area contributed by atoms with Crippen LogP contribution in [0.5, 0.6) is 0 Å². The zero-order valence-corrected chi connectivity index (χ0v) is 11.8. The van der Waals surface area contributed by atoms with E-state index in [2.05, 4.69) is 0 Å². The molecule has 21 heavy (non-hydrogen) atoms. The van der Waals surface area contributed by atoms with Gasteiger partial charge in [-0.1, -0.05) is 0 Å². The second-order valence-electron chi connectivity index (χ2n) is 5.26. The lowest BCUT2D eigenvalue weighted by Gasteiger charge is -2.15. The Kier molecular flexibility index (Phi) is 4.70. The molecule has 1 N–H and O–H groups in total. The van der Waals surface area contributed by atoms with Crippen LogP contribution < -0.4 is 0 Å². The normalized spacial score (nSPS) is 19.9. The molecule has 1 aliphatic heterocycles. The van der Waals surface area contributed by atoms with E-state index in [1.165, 1.54) is 18.2 Å². The van der Waals surface area contributed by atoms with Gasteiger partial charge in [0.2, 0.25) is 5.91 Å². The standard InChI is InChI=1S/C15H18N2O4/c1-11(18)13-8-9-16(10-13)15(19)7-4-12-2-5-14(6-3-12)17(20)21/h2-7,11,13,18H,8-10H2,1H3/b7-4+. The van der Waals surface area contributed by atoms with Crippen molar-refractivity contribution in [3.05, 3.63) is 46.0 Å². The van der Waals surface area contributed by atoms with Gasteiger partial charge in [-0.25, -0.2) is 0 Å². The molecule has 1 aromatic rings. The Hall–Kier alpha value is -2.21. The number of amides is 1. The van der Waals surface area contributed by atoms with Gasteiger partial charge < -0.3 is 10.0 Å². The molecular formula is C15H18N2O4. The third-order valence-corrected chi connectivity index (χ3v) is 3.74. The van der Waals surface area contributed by atoms with Crippen molar-refractivity contribution < 1.29 is 14.8 Å². The van der Waals surface area contributed by atoms with Gasteiger partial charge in [-0.3, -0.25) is 14.9 Å². The van der Waals surface area contributed by atoms with Crippen LogP contribution in [0, 0.1) is 16.0 Å². The third kappa shape index (κ3) is 3.88. The molecule has 0 aromatic heterocycles. The topological polar surface area (TPSA) is 83.7 Å². The summed E-state index contributed by atoms with van der Waals surface area (Å²) in [6, 6.07) is 6.02. The fourth-order valence-corrected chi connectivity index (χ4v) is 2.36. The average Bonchev–Trinajstić information content (AvgIpc) is 2.95. The molecule has 6 nitrogen and oxygen atoms in total. The van der Waals surface area contributed by atoms with E-state index in [-0.39, 0.29) is 17.5 Å². The monoisotopic (exact) mass is 290 g/mol. The molecule has 1 aliphatic rings. The maximum atomic E-state index is 12.0. The predicted molar refractivity (Wildman–Crippen MR) is 78.5 cm³/mol. The minimum atomic E-state index is -0.459. The van der Waals surface area contributed by atoms with Crippen LogP contribution in [0.3, 0.4) is 0 Å². The molecule has 0 bridgehead atoms. The van der Waals surface area contributed by atoms with E-state index in [0.29, 0.717) is 13.1 Å². The first kappa shape index (κ1) is 15.2. The third-order valence-electron chi connectivity index (χ3n) is 3.74. The Morgan fingerprint density at radius 2 is 2.14 bits per heavy atom. The molecule has 2 unspecified atom stereocenters. The van der Waals surface area contributed by atoms with Gasteiger partial charge in [0, 0.05) is 37.2 Å². The molecular weight excluding hydrogens is 272 g/mol. The number of nitro benzene ring substituents is 1. The highest BCUT2D eigenvalue weighted by Crippen LogP contribution is 2.20. The van der Waals surface area contributed by atoms with Crippen LogP contribution in [0.2, 0.25) is 0 Å². The lowest BCUT2D eigenvalue weighted by Crippen LogP contribution is -2.28. The summed E-state index contributed by atoms with van der Waals surface area (Å²) in [6.07, 6.45) is 3.52. The predicted octanol–water partition coefficient (Wildman–Crippen LogP) is 1.84. The second-order valence-corrected chi connectivity index (χ2v) is 5.26. The minimum Gasteiger partial charge on any atom is -0.393 e. The summed E-state index contributed by atoms with van der Waals surface area (Å²) in [6.45, 7) is 2.96. The number of likely N-dealkylation sites (tertiary alicyclic amines) is 1. The van der Waals surface area contributed by atoms with Crippen molar-refractivity contribution in [3.8, 4) is 0 Å². The van der Waals surface area contributed by atoms with E-state index < -0.39 is 11.0 Å². The van der Waals surface area contributed by atoms with Crippen LogP contribution in [0.4, 0.5) is 5.69 Å². The molecule has 112 valence electrons. The lowest BCUT2D eigenvalue weighted by atomic mass is 10.0. The van der Waals surface area contributed by atoms with Gasteiger partial charge in [0.25, 0.3) is 5.69 Å². The van der Waals surface area contributed by atoms with Gasteiger partial charge in [-0.15, -0.1) is 0 Å². The van der Waals surface area contributed by atoms with Gasteiger partial charge in [-0.2, -0.15) is 0 Å². The number of hydrogen-bond donors (Lipinski definition) is 1. The molecule has 1 fully saturated rings. The maximum Gasteiger partial charge on any atom is 0.269 e. The van der Waals surface area contributed by atoms with Crippen LogP contribution in [0.25, 0.3) is 6.08 Å². The zero-order chi connectivity index (χ0) is 15.4. The van der Waals surface area contributed by atoms with Crippen LogP contribution in [0.15, 0.2) is 30.3 Å². The fourth-order valence-electron chi connectivity index (χ4n) is 2.36. The summed E-state index contributed by atoms with van der Waals surface area (Å²) in [5, 5.41) is 20.1. The minimum absolute atomic E-state index is 0.0257. The second kappa shape index (κ2) is 6.49. The quantitative estimate of drug-likeness (QED) is 0.521. The highest BCUT2D eigenvalue weighted by Gasteiger charge is 2.27. The van der Waals surface area contributed by atoms with Gasteiger partial charge in [0.15, 0.2) is 0 Å². The molecule has 1 aromatic carbocycles. The Labute approximate surface area is 122 Å². The van der Waals surface area contributed by atoms with Crippen molar-refractivity contribution in [2.75, 3.05) is 13.1 Å². The number of benzene rings is 1. The van der Waals surface area contributed by atoms with E-state index in [0.717, 1.165) is 12.0 Å². The number of nitrogens with zero attached hydrogens (tertiary/aromatic N) is 2. The first-order valence-corrected chi connectivity index (χ1v) is 6.87. The molecule has 0 spiro atoms. The van der Waals surface area contributed by atoms with Crippen molar-refractivity contribution in [3.63, 3.8) is 0 Å². The highest BCUT2D eigenvalue weighted by molar-refractivity contribution is 5.92.